The smallest absolute Gasteiger partial charge is 0.0991 e. The average molecular weight is 346 g/mol. The second-order valence-corrected chi connectivity index (χ2v) is 6.89. The summed E-state index contributed by atoms with van der Waals surface area (Å²) in [6.07, 6.45) is 6.69. The Hall–Kier alpha value is -3.57. The van der Waals surface area contributed by atoms with E-state index in [-0.39, 0.29) is 0 Å². The minimum atomic E-state index is 0.689. The number of fused-ring (bicyclic) bond motifs is 3. The highest BCUT2D eigenvalue weighted by atomic mass is 15.0. The van der Waals surface area contributed by atoms with Crippen molar-refractivity contribution in [2.45, 2.75) is 12.8 Å². The SMILES string of the molecule is N#Cc1ccc(-c2ccc(-n3c4c(c5ccccc53)C=CCC4)cc2)cc1. The van der Waals surface area contributed by atoms with Crippen molar-refractivity contribution in [1.29, 1.82) is 5.26 Å². The summed E-state index contributed by atoms with van der Waals surface area (Å²) in [6.45, 7) is 0. The lowest BCUT2D eigenvalue weighted by molar-refractivity contribution is 0.888. The summed E-state index contributed by atoms with van der Waals surface area (Å²) in [5.74, 6) is 0. The van der Waals surface area contributed by atoms with Crippen molar-refractivity contribution in [2.75, 3.05) is 0 Å². The van der Waals surface area contributed by atoms with Gasteiger partial charge in [0.05, 0.1) is 17.1 Å². The van der Waals surface area contributed by atoms with E-state index < -0.39 is 0 Å². The molecule has 0 N–H and O–H groups in total. The van der Waals surface area contributed by atoms with E-state index in [2.05, 4.69) is 71.3 Å². The van der Waals surface area contributed by atoms with Gasteiger partial charge < -0.3 is 4.57 Å². The van der Waals surface area contributed by atoms with E-state index in [4.69, 9.17) is 5.26 Å². The molecule has 1 heterocycles. The van der Waals surface area contributed by atoms with E-state index in [1.54, 1.807) is 0 Å². The van der Waals surface area contributed by atoms with Gasteiger partial charge in [0.2, 0.25) is 0 Å². The van der Waals surface area contributed by atoms with Gasteiger partial charge in [0, 0.05) is 22.3 Å². The molecule has 27 heavy (non-hydrogen) atoms. The summed E-state index contributed by atoms with van der Waals surface area (Å²) in [5, 5.41) is 10.3. The number of rotatable bonds is 2. The lowest BCUT2D eigenvalue weighted by Gasteiger charge is -2.14. The van der Waals surface area contributed by atoms with E-state index in [1.165, 1.54) is 27.8 Å². The van der Waals surface area contributed by atoms with Crippen LogP contribution in [-0.4, -0.2) is 4.57 Å². The molecule has 1 aliphatic carbocycles. The van der Waals surface area contributed by atoms with Crippen molar-refractivity contribution in [3.8, 4) is 22.9 Å². The van der Waals surface area contributed by atoms with Gasteiger partial charge in [0.15, 0.2) is 0 Å². The predicted molar refractivity (Wildman–Crippen MR) is 111 cm³/mol. The van der Waals surface area contributed by atoms with Crippen LogP contribution in [0.4, 0.5) is 0 Å². The van der Waals surface area contributed by atoms with Gasteiger partial charge in [0.1, 0.15) is 0 Å². The van der Waals surface area contributed by atoms with Crippen molar-refractivity contribution in [3.05, 3.63) is 95.7 Å². The Balaban J connectivity index is 1.62. The number of aromatic nitrogens is 1. The van der Waals surface area contributed by atoms with E-state index in [9.17, 15) is 0 Å². The van der Waals surface area contributed by atoms with E-state index in [0.29, 0.717) is 5.56 Å². The van der Waals surface area contributed by atoms with Crippen LogP contribution in [0.2, 0.25) is 0 Å². The Labute approximate surface area is 158 Å². The molecule has 128 valence electrons. The lowest BCUT2D eigenvalue weighted by Crippen LogP contribution is -2.02. The normalized spacial score (nSPS) is 12.7. The quantitative estimate of drug-likeness (QED) is 0.429. The Bertz CT molecular complexity index is 1200. The molecule has 1 aromatic heterocycles. The molecule has 0 saturated carbocycles. The summed E-state index contributed by atoms with van der Waals surface area (Å²) in [5.41, 5.74) is 8.18. The molecule has 0 amide bonds. The third-order valence-corrected chi connectivity index (χ3v) is 5.32. The van der Waals surface area contributed by atoms with Crippen LogP contribution in [0.15, 0.2) is 78.9 Å². The number of allylic oxidation sites excluding steroid dienone is 1. The van der Waals surface area contributed by atoms with Crippen LogP contribution < -0.4 is 0 Å². The second-order valence-electron chi connectivity index (χ2n) is 6.89. The highest BCUT2D eigenvalue weighted by Gasteiger charge is 2.17. The Morgan fingerprint density at radius 2 is 1.52 bits per heavy atom. The van der Waals surface area contributed by atoms with Crippen LogP contribution in [0.25, 0.3) is 33.8 Å². The number of hydrogen-bond acceptors (Lipinski definition) is 1. The van der Waals surface area contributed by atoms with E-state index in [0.717, 1.165) is 24.0 Å². The van der Waals surface area contributed by atoms with Gasteiger partial charge in [-0.15, -0.1) is 0 Å². The Morgan fingerprint density at radius 3 is 2.26 bits per heavy atom. The fourth-order valence-electron chi connectivity index (χ4n) is 4.01. The van der Waals surface area contributed by atoms with Crippen LogP contribution >= 0.6 is 0 Å². The molecule has 0 spiro atoms. The molecule has 0 atom stereocenters. The van der Waals surface area contributed by atoms with Crippen molar-refractivity contribution in [3.63, 3.8) is 0 Å². The minimum absolute atomic E-state index is 0.689. The molecule has 4 aromatic rings. The van der Waals surface area contributed by atoms with Gasteiger partial charge >= 0.3 is 0 Å². The van der Waals surface area contributed by atoms with Gasteiger partial charge in [-0.25, -0.2) is 0 Å². The monoisotopic (exact) mass is 346 g/mol. The third-order valence-electron chi connectivity index (χ3n) is 5.32. The van der Waals surface area contributed by atoms with Crippen molar-refractivity contribution >= 4 is 17.0 Å². The topological polar surface area (TPSA) is 28.7 Å². The predicted octanol–water partition coefficient (Wildman–Crippen LogP) is 6.13. The highest BCUT2D eigenvalue weighted by Crippen LogP contribution is 2.34. The molecule has 0 aliphatic heterocycles. The summed E-state index contributed by atoms with van der Waals surface area (Å²) in [6, 6.07) is 27.3. The summed E-state index contributed by atoms with van der Waals surface area (Å²) in [4.78, 5) is 0. The number of benzene rings is 3. The standard InChI is InChI=1S/C25H18N2/c26-17-18-9-11-19(12-10-18)20-13-15-21(16-14-20)27-24-7-3-1-5-22(24)23-6-2-4-8-25(23)27/h1-3,5-7,9-16H,4,8H2. The van der Waals surface area contributed by atoms with Gasteiger partial charge in [-0.1, -0.05) is 54.6 Å². The maximum absolute atomic E-state index is 8.97. The third kappa shape index (κ3) is 2.56. The molecule has 0 bridgehead atoms. The molecule has 1 aliphatic rings. The zero-order valence-electron chi connectivity index (χ0n) is 14.9. The number of hydrogen-bond donors (Lipinski definition) is 0. The zero-order chi connectivity index (χ0) is 18.2. The lowest BCUT2D eigenvalue weighted by atomic mass is 10.0. The first-order chi connectivity index (χ1) is 13.3. The van der Waals surface area contributed by atoms with Crippen molar-refractivity contribution in [1.82, 2.24) is 4.57 Å². The minimum Gasteiger partial charge on any atom is -0.313 e. The second kappa shape index (κ2) is 6.30. The van der Waals surface area contributed by atoms with Gasteiger partial charge in [-0.3, -0.25) is 0 Å². The summed E-state index contributed by atoms with van der Waals surface area (Å²) < 4.78 is 2.40. The summed E-state index contributed by atoms with van der Waals surface area (Å²) >= 11 is 0. The number of para-hydroxylation sites is 1. The summed E-state index contributed by atoms with van der Waals surface area (Å²) in [7, 11) is 0. The maximum Gasteiger partial charge on any atom is 0.0991 e. The van der Waals surface area contributed by atoms with Crippen molar-refractivity contribution in [2.24, 2.45) is 0 Å². The Morgan fingerprint density at radius 1 is 0.815 bits per heavy atom. The van der Waals surface area contributed by atoms with E-state index >= 15 is 0 Å². The first-order valence-electron chi connectivity index (χ1n) is 9.25. The van der Waals surface area contributed by atoms with Crippen LogP contribution in [0.1, 0.15) is 23.2 Å². The fraction of sp³-hybridized carbons (Fsp3) is 0.0800. The fourth-order valence-corrected chi connectivity index (χ4v) is 4.01. The van der Waals surface area contributed by atoms with Gasteiger partial charge in [-0.05, 0) is 54.3 Å². The number of nitrogens with zero attached hydrogens (tertiary/aromatic N) is 2. The molecule has 2 nitrogen and oxygen atoms in total. The average Bonchev–Trinajstić information content (AvgIpc) is 3.08. The molecule has 0 unspecified atom stereocenters. The molecule has 5 rings (SSSR count). The zero-order valence-corrected chi connectivity index (χ0v) is 14.9. The molecule has 0 radical (unpaired) electrons. The molecular formula is C25H18N2. The molecule has 0 saturated heterocycles. The molecule has 0 fully saturated rings. The van der Waals surface area contributed by atoms with Crippen LogP contribution in [-0.2, 0) is 6.42 Å². The largest absolute Gasteiger partial charge is 0.313 e. The van der Waals surface area contributed by atoms with Crippen LogP contribution in [0.3, 0.4) is 0 Å². The molecule has 3 aromatic carbocycles. The van der Waals surface area contributed by atoms with Crippen LogP contribution in [0.5, 0.6) is 0 Å². The van der Waals surface area contributed by atoms with Crippen molar-refractivity contribution < 1.29 is 0 Å². The number of nitriles is 1. The maximum atomic E-state index is 8.97. The van der Waals surface area contributed by atoms with Gasteiger partial charge in [0.25, 0.3) is 0 Å². The highest BCUT2D eigenvalue weighted by molar-refractivity contribution is 5.93. The first kappa shape index (κ1) is 15.7. The molecular weight excluding hydrogens is 328 g/mol. The first-order valence-corrected chi connectivity index (χ1v) is 9.25. The van der Waals surface area contributed by atoms with E-state index in [1.807, 2.05) is 24.3 Å². The Kier molecular flexibility index (Phi) is 3.66. The van der Waals surface area contributed by atoms with Gasteiger partial charge in [-0.2, -0.15) is 5.26 Å². The molecule has 2 heteroatoms. The van der Waals surface area contributed by atoms with Crippen LogP contribution in [0, 0.1) is 11.3 Å².